The van der Waals surface area contributed by atoms with Gasteiger partial charge in [-0.2, -0.15) is 0 Å². The van der Waals surface area contributed by atoms with Crippen molar-refractivity contribution in [2.45, 2.75) is 34.1 Å². The quantitative estimate of drug-likeness (QED) is 0.783. The van der Waals surface area contributed by atoms with Gasteiger partial charge in [0.15, 0.2) is 0 Å². The first kappa shape index (κ1) is 12.6. The van der Waals surface area contributed by atoms with Gasteiger partial charge in [-0.1, -0.05) is 20.8 Å². The molecule has 78 valence electrons. The van der Waals surface area contributed by atoms with Crippen LogP contribution in [0.15, 0.2) is 12.1 Å². The molecule has 0 radical (unpaired) electrons. The fourth-order valence-electron chi connectivity index (χ4n) is 1.05. The largest absolute Gasteiger partial charge is 0.364 e. The van der Waals surface area contributed by atoms with E-state index in [4.69, 9.17) is 5.73 Å². The Kier molecular flexibility index (Phi) is 5.53. The Hall–Kier alpha value is -1.38. The van der Waals surface area contributed by atoms with Crippen molar-refractivity contribution in [2.24, 2.45) is 5.73 Å². The second-order valence-electron chi connectivity index (χ2n) is 2.74. The Bertz CT molecular complexity index is 308. The summed E-state index contributed by atoms with van der Waals surface area (Å²) in [5, 5.41) is 0. The van der Waals surface area contributed by atoms with E-state index in [0.29, 0.717) is 5.69 Å². The number of carbonyl (C=O) groups is 1. The molecule has 3 heteroatoms. The van der Waals surface area contributed by atoms with Crippen molar-refractivity contribution >= 4 is 5.91 Å². The first-order valence-corrected chi connectivity index (χ1v) is 4.91. The molecule has 0 aliphatic heterocycles. The van der Waals surface area contributed by atoms with E-state index >= 15 is 0 Å². The number of nitrogens with two attached hydrogens (primary N) is 1. The van der Waals surface area contributed by atoms with Crippen LogP contribution in [0.25, 0.3) is 0 Å². The van der Waals surface area contributed by atoms with E-state index < -0.39 is 5.91 Å². The minimum atomic E-state index is -0.464. The molecule has 0 unspecified atom stereocenters. The monoisotopic (exact) mass is 194 g/mol. The summed E-state index contributed by atoms with van der Waals surface area (Å²) in [4.78, 5) is 14.9. The van der Waals surface area contributed by atoms with Crippen molar-refractivity contribution < 1.29 is 4.79 Å². The second-order valence-corrected chi connectivity index (χ2v) is 2.74. The van der Waals surface area contributed by atoms with E-state index in [2.05, 4.69) is 4.98 Å². The van der Waals surface area contributed by atoms with Crippen LogP contribution in [0.1, 0.15) is 42.5 Å². The highest BCUT2D eigenvalue weighted by atomic mass is 16.1. The smallest absolute Gasteiger partial charge is 0.267 e. The zero-order valence-corrected chi connectivity index (χ0v) is 9.29. The van der Waals surface area contributed by atoms with Gasteiger partial charge in [0.05, 0.1) is 0 Å². The van der Waals surface area contributed by atoms with Gasteiger partial charge in [-0.25, -0.2) is 4.98 Å². The number of hydrogen-bond donors (Lipinski definition) is 1. The summed E-state index contributed by atoms with van der Waals surface area (Å²) in [6, 6.07) is 3.65. The van der Waals surface area contributed by atoms with Crippen LogP contribution in [-0.4, -0.2) is 10.9 Å². The van der Waals surface area contributed by atoms with Gasteiger partial charge in [0.25, 0.3) is 5.91 Å². The van der Waals surface area contributed by atoms with Crippen molar-refractivity contribution in [3.63, 3.8) is 0 Å². The molecule has 1 heterocycles. The summed E-state index contributed by atoms with van der Waals surface area (Å²) in [5.74, 6) is -0.464. The first-order valence-electron chi connectivity index (χ1n) is 4.91. The molecule has 1 rings (SSSR count). The highest BCUT2D eigenvalue weighted by molar-refractivity contribution is 5.90. The molecule has 0 aromatic carbocycles. The normalized spacial score (nSPS) is 8.86. The number of pyridine rings is 1. The van der Waals surface area contributed by atoms with Crippen molar-refractivity contribution in [3.05, 3.63) is 29.1 Å². The van der Waals surface area contributed by atoms with Crippen molar-refractivity contribution in [3.8, 4) is 0 Å². The number of aryl methyl sites for hydroxylation is 2. The molecule has 0 bridgehead atoms. The molecule has 3 nitrogen and oxygen atoms in total. The number of carbonyl (C=O) groups excluding carboxylic acids is 1. The van der Waals surface area contributed by atoms with Crippen LogP contribution >= 0.6 is 0 Å². The molecule has 0 saturated heterocycles. The van der Waals surface area contributed by atoms with Crippen molar-refractivity contribution in [1.82, 2.24) is 4.98 Å². The van der Waals surface area contributed by atoms with Gasteiger partial charge in [-0.05, 0) is 31.0 Å². The van der Waals surface area contributed by atoms with Gasteiger partial charge in [0.2, 0.25) is 0 Å². The highest BCUT2D eigenvalue weighted by Crippen LogP contribution is 2.04. The summed E-state index contributed by atoms with van der Waals surface area (Å²) in [6.45, 7) is 7.92. The fourth-order valence-corrected chi connectivity index (χ4v) is 1.05. The molecule has 0 aliphatic carbocycles. The van der Waals surface area contributed by atoms with E-state index in [1.807, 2.05) is 33.8 Å². The van der Waals surface area contributed by atoms with Gasteiger partial charge >= 0.3 is 0 Å². The van der Waals surface area contributed by atoms with Crippen LogP contribution in [-0.2, 0) is 6.42 Å². The van der Waals surface area contributed by atoms with Crippen LogP contribution < -0.4 is 5.73 Å². The molecule has 14 heavy (non-hydrogen) atoms. The molecule has 1 amide bonds. The molecule has 0 atom stereocenters. The number of aromatic nitrogens is 1. The Balaban J connectivity index is 0.000000791. The molecule has 0 spiro atoms. The zero-order valence-electron chi connectivity index (χ0n) is 9.29. The minimum Gasteiger partial charge on any atom is -0.364 e. The number of hydrogen-bond acceptors (Lipinski definition) is 2. The van der Waals surface area contributed by atoms with Crippen LogP contribution in [0.5, 0.6) is 0 Å². The maximum absolute atomic E-state index is 10.8. The summed E-state index contributed by atoms with van der Waals surface area (Å²) >= 11 is 0. The number of amides is 1. The minimum absolute atomic E-state index is 0.354. The van der Waals surface area contributed by atoms with Crippen LogP contribution in [0, 0.1) is 6.92 Å². The molecule has 2 N–H and O–H groups in total. The Morgan fingerprint density at radius 1 is 1.43 bits per heavy atom. The second kappa shape index (κ2) is 6.13. The predicted molar refractivity (Wildman–Crippen MR) is 58.2 cm³/mol. The molecular formula is C11H18N2O. The lowest BCUT2D eigenvalue weighted by Gasteiger charge is -2.01. The Morgan fingerprint density at radius 3 is 2.43 bits per heavy atom. The lowest BCUT2D eigenvalue weighted by molar-refractivity contribution is 0.0995. The van der Waals surface area contributed by atoms with Crippen molar-refractivity contribution in [1.29, 1.82) is 0 Å². The summed E-state index contributed by atoms with van der Waals surface area (Å²) in [5.41, 5.74) is 7.39. The van der Waals surface area contributed by atoms with Gasteiger partial charge in [-0.3, -0.25) is 4.79 Å². The lowest BCUT2D eigenvalue weighted by atomic mass is 10.2. The van der Waals surface area contributed by atoms with E-state index in [1.165, 1.54) is 0 Å². The fraction of sp³-hybridized carbons (Fsp3) is 0.455. The van der Waals surface area contributed by atoms with E-state index in [-0.39, 0.29) is 0 Å². The third kappa shape index (κ3) is 3.56. The molecule has 1 aromatic rings. The van der Waals surface area contributed by atoms with Gasteiger partial charge in [0.1, 0.15) is 5.69 Å². The predicted octanol–water partition coefficient (Wildman–Crippen LogP) is 2.08. The van der Waals surface area contributed by atoms with Crippen LogP contribution in [0.3, 0.4) is 0 Å². The third-order valence-electron chi connectivity index (χ3n) is 1.64. The van der Waals surface area contributed by atoms with E-state index in [9.17, 15) is 4.79 Å². The zero-order chi connectivity index (χ0) is 11.1. The lowest BCUT2D eigenvalue weighted by Crippen LogP contribution is -2.14. The third-order valence-corrected chi connectivity index (χ3v) is 1.64. The average Bonchev–Trinajstić information content (AvgIpc) is 2.20. The SMILES string of the molecule is CC.CCc1cc(C)cc(C(N)=O)n1. The standard InChI is InChI=1S/C9H12N2O.C2H6/c1-3-7-4-6(2)5-8(11-7)9(10)12;1-2/h4-5H,3H2,1-2H3,(H2,10,12);1-2H3. The van der Waals surface area contributed by atoms with E-state index in [1.54, 1.807) is 6.07 Å². The van der Waals surface area contributed by atoms with Gasteiger partial charge in [-0.15, -0.1) is 0 Å². The number of primary amides is 1. The topological polar surface area (TPSA) is 56.0 Å². The number of rotatable bonds is 2. The average molecular weight is 194 g/mol. The summed E-state index contributed by atoms with van der Waals surface area (Å²) in [7, 11) is 0. The highest BCUT2D eigenvalue weighted by Gasteiger charge is 2.03. The Labute approximate surface area is 85.3 Å². The van der Waals surface area contributed by atoms with E-state index in [0.717, 1.165) is 17.7 Å². The molecule has 1 aromatic heterocycles. The van der Waals surface area contributed by atoms with Gasteiger partial charge < -0.3 is 5.73 Å². The summed E-state index contributed by atoms with van der Waals surface area (Å²) in [6.07, 6.45) is 0.821. The summed E-state index contributed by atoms with van der Waals surface area (Å²) < 4.78 is 0. The molecule has 0 aliphatic rings. The Morgan fingerprint density at radius 2 is 2.00 bits per heavy atom. The number of nitrogens with zero attached hydrogens (tertiary/aromatic N) is 1. The molecule has 0 saturated carbocycles. The maximum Gasteiger partial charge on any atom is 0.267 e. The van der Waals surface area contributed by atoms with Crippen LogP contribution in [0.4, 0.5) is 0 Å². The van der Waals surface area contributed by atoms with Crippen molar-refractivity contribution in [2.75, 3.05) is 0 Å². The van der Waals surface area contributed by atoms with Gasteiger partial charge in [0, 0.05) is 5.69 Å². The maximum atomic E-state index is 10.8. The first-order chi connectivity index (χ1) is 6.63. The molecule has 0 fully saturated rings. The molecular weight excluding hydrogens is 176 g/mol. The van der Waals surface area contributed by atoms with Crippen LogP contribution in [0.2, 0.25) is 0 Å².